The molecule has 0 aliphatic rings. The van der Waals surface area contributed by atoms with Crippen molar-refractivity contribution in [3.8, 4) is 11.3 Å². The first-order chi connectivity index (χ1) is 15.3. The van der Waals surface area contributed by atoms with E-state index in [0.717, 1.165) is 11.1 Å². The number of sulfone groups is 1. The second kappa shape index (κ2) is 8.52. The van der Waals surface area contributed by atoms with Gasteiger partial charge in [-0.05, 0) is 43.7 Å². The normalized spacial score (nSPS) is 11.8. The Bertz CT molecular complexity index is 1390. The maximum Gasteiger partial charge on any atom is 0.255 e. The zero-order chi connectivity index (χ0) is 22.9. The van der Waals surface area contributed by atoms with Gasteiger partial charge in [-0.25, -0.2) is 18.4 Å². The van der Waals surface area contributed by atoms with E-state index in [0.29, 0.717) is 34.7 Å². The van der Waals surface area contributed by atoms with E-state index in [2.05, 4.69) is 20.3 Å². The molecule has 1 amide bonds. The fraction of sp³-hybridized carbons (Fsp3) is 0.174. The van der Waals surface area contributed by atoms with Gasteiger partial charge in [0.2, 0.25) is 0 Å². The molecule has 0 atom stereocenters. The summed E-state index contributed by atoms with van der Waals surface area (Å²) in [6.07, 6.45) is 3.23. The molecule has 4 aromatic rings. The topological polar surface area (TPSA) is 131 Å². The first-order valence-corrected chi connectivity index (χ1v) is 11.6. The molecule has 0 saturated carbocycles. The molecule has 164 valence electrons. The Kier molecular flexibility index (Phi) is 5.77. The number of aromatic amines is 1. The molecule has 0 fully saturated rings. The van der Waals surface area contributed by atoms with Crippen molar-refractivity contribution in [1.82, 2.24) is 15.0 Å². The van der Waals surface area contributed by atoms with E-state index in [-0.39, 0.29) is 10.8 Å². The molecule has 4 N–H and O–H groups in total. The van der Waals surface area contributed by atoms with Crippen LogP contribution in [0.15, 0.2) is 65.8 Å². The van der Waals surface area contributed by atoms with E-state index < -0.39 is 15.1 Å². The van der Waals surface area contributed by atoms with Crippen LogP contribution in [0.25, 0.3) is 22.4 Å². The number of anilines is 1. The molecule has 2 heterocycles. The number of hydrogen-bond donors (Lipinski definition) is 3. The summed E-state index contributed by atoms with van der Waals surface area (Å²) >= 11 is 0. The van der Waals surface area contributed by atoms with Crippen LogP contribution in [0.5, 0.6) is 0 Å². The summed E-state index contributed by atoms with van der Waals surface area (Å²) in [6, 6.07) is 13.6. The number of nitrogens with two attached hydrogens (primary N) is 1. The quantitative estimate of drug-likeness (QED) is 0.413. The van der Waals surface area contributed by atoms with E-state index in [1.165, 1.54) is 0 Å². The van der Waals surface area contributed by atoms with Gasteiger partial charge in [0.1, 0.15) is 5.52 Å². The number of amides is 1. The summed E-state index contributed by atoms with van der Waals surface area (Å²) in [7, 11) is -3.35. The maximum absolute atomic E-state index is 12.7. The highest BCUT2D eigenvalue weighted by Crippen LogP contribution is 2.26. The molecule has 0 radical (unpaired) electrons. The second-order valence-corrected chi connectivity index (χ2v) is 10.1. The predicted octanol–water partition coefficient (Wildman–Crippen LogP) is 3.52. The van der Waals surface area contributed by atoms with E-state index in [9.17, 15) is 13.2 Å². The molecule has 0 aliphatic heterocycles. The van der Waals surface area contributed by atoms with Gasteiger partial charge in [0.15, 0.2) is 15.5 Å². The molecule has 0 spiro atoms. The van der Waals surface area contributed by atoms with Crippen molar-refractivity contribution in [2.75, 3.05) is 5.32 Å². The van der Waals surface area contributed by atoms with Crippen LogP contribution in [0.4, 0.5) is 5.69 Å². The first-order valence-electron chi connectivity index (χ1n) is 10.1. The van der Waals surface area contributed by atoms with Crippen LogP contribution in [-0.2, 0) is 16.4 Å². The lowest BCUT2D eigenvalue weighted by Gasteiger charge is -2.09. The third-order valence-corrected chi connectivity index (χ3v) is 7.32. The highest BCUT2D eigenvalue weighted by molar-refractivity contribution is 7.92. The van der Waals surface area contributed by atoms with Crippen LogP contribution in [-0.4, -0.2) is 34.5 Å². The number of H-pyrrole nitrogens is 1. The summed E-state index contributed by atoms with van der Waals surface area (Å²) in [5, 5.41) is 2.36. The van der Waals surface area contributed by atoms with Crippen molar-refractivity contribution < 1.29 is 13.2 Å². The lowest BCUT2D eigenvalue weighted by atomic mass is 10.1. The van der Waals surface area contributed by atoms with Crippen molar-refractivity contribution in [2.24, 2.45) is 5.73 Å². The molecule has 8 nitrogen and oxygen atoms in total. The maximum atomic E-state index is 12.7. The van der Waals surface area contributed by atoms with Gasteiger partial charge in [-0.2, -0.15) is 0 Å². The average molecular weight is 450 g/mol. The minimum atomic E-state index is -3.35. The van der Waals surface area contributed by atoms with Crippen LogP contribution in [0, 0.1) is 0 Å². The number of fused-ring (bicyclic) bond motifs is 1. The van der Waals surface area contributed by atoms with Gasteiger partial charge < -0.3 is 16.0 Å². The van der Waals surface area contributed by atoms with Gasteiger partial charge in [0.25, 0.3) is 5.91 Å². The SMILES string of the molecule is CC(C)S(=O)(=O)c1ccc(-c2cnc3[nH]cc(NC(=O)c4cccc(CN)c4)c3n2)cc1. The Labute approximate surface area is 185 Å². The Morgan fingerprint density at radius 2 is 1.91 bits per heavy atom. The smallest absolute Gasteiger partial charge is 0.255 e. The lowest BCUT2D eigenvalue weighted by molar-refractivity contribution is 0.102. The zero-order valence-corrected chi connectivity index (χ0v) is 18.5. The molecular weight excluding hydrogens is 426 g/mol. The lowest BCUT2D eigenvalue weighted by Crippen LogP contribution is -2.13. The van der Waals surface area contributed by atoms with Gasteiger partial charge >= 0.3 is 0 Å². The Morgan fingerprint density at radius 1 is 1.16 bits per heavy atom. The summed E-state index contributed by atoms with van der Waals surface area (Å²) in [5.74, 6) is -0.281. The molecule has 0 saturated heterocycles. The fourth-order valence-corrected chi connectivity index (χ4v) is 4.31. The van der Waals surface area contributed by atoms with Gasteiger partial charge in [0.05, 0.1) is 27.7 Å². The highest BCUT2D eigenvalue weighted by Gasteiger charge is 2.19. The van der Waals surface area contributed by atoms with Crippen molar-refractivity contribution in [3.05, 3.63) is 72.1 Å². The van der Waals surface area contributed by atoms with Crippen molar-refractivity contribution in [3.63, 3.8) is 0 Å². The Hall–Kier alpha value is -3.56. The number of carbonyl (C=O) groups excluding carboxylic acids is 1. The van der Waals surface area contributed by atoms with Gasteiger partial charge in [0, 0.05) is 23.9 Å². The summed E-state index contributed by atoms with van der Waals surface area (Å²) in [4.78, 5) is 25.0. The molecule has 0 unspecified atom stereocenters. The summed E-state index contributed by atoms with van der Waals surface area (Å²) in [6.45, 7) is 3.65. The molecule has 4 rings (SSSR count). The number of nitrogens with one attached hydrogen (secondary N) is 2. The molecule has 2 aromatic carbocycles. The molecule has 9 heteroatoms. The molecule has 32 heavy (non-hydrogen) atoms. The minimum absolute atomic E-state index is 0.264. The summed E-state index contributed by atoms with van der Waals surface area (Å²) < 4.78 is 24.7. The number of carbonyl (C=O) groups is 1. The Morgan fingerprint density at radius 3 is 2.59 bits per heavy atom. The van der Waals surface area contributed by atoms with Crippen LogP contribution in [0.1, 0.15) is 29.8 Å². The van der Waals surface area contributed by atoms with Crippen LogP contribution >= 0.6 is 0 Å². The number of hydrogen-bond acceptors (Lipinski definition) is 6. The fourth-order valence-electron chi connectivity index (χ4n) is 3.25. The van der Waals surface area contributed by atoms with Gasteiger partial charge in [-0.3, -0.25) is 4.79 Å². The van der Waals surface area contributed by atoms with Crippen molar-refractivity contribution in [2.45, 2.75) is 30.5 Å². The van der Waals surface area contributed by atoms with Crippen LogP contribution in [0.3, 0.4) is 0 Å². The third kappa shape index (κ3) is 4.12. The van der Waals surface area contributed by atoms with Crippen LogP contribution in [0.2, 0.25) is 0 Å². The number of aromatic nitrogens is 3. The van der Waals surface area contributed by atoms with Gasteiger partial charge in [-0.1, -0.05) is 24.3 Å². The predicted molar refractivity (Wildman–Crippen MR) is 124 cm³/mol. The largest absolute Gasteiger partial charge is 0.343 e. The summed E-state index contributed by atoms with van der Waals surface area (Å²) in [5.41, 5.74) is 9.82. The van der Waals surface area contributed by atoms with Gasteiger partial charge in [-0.15, -0.1) is 0 Å². The third-order valence-electron chi connectivity index (χ3n) is 5.15. The number of benzene rings is 2. The zero-order valence-electron chi connectivity index (χ0n) is 17.7. The second-order valence-electron chi connectivity index (χ2n) is 7.63. The first kappa shape index (κ1) is 21.7. The van der Waals surface area contributed by atoms with E-state index in [4.69, 9.17) is 5.73 Å². The van der Waals surface area contributed by atoms with Crippen molar-refractivity contribution >= 4 is 32.6 Å². The highest BCUT2D eigenvalue weighted by atomic mass is 32.2. The molecule has 0 bridgehead atoms. The minimum Gasteiger partial charge on any atom is -0.343 e. The van der Waals surface area contributed by atoms with E-state index in [1.54, 1.807) is 68.7 Å². The van der Waals surface area contributed by atoms with E-state index in [1.807, 2.05) is 6.07 Å². The molecule has 2 aromatic heterocycles. The number of rotatable bonds is 6. The average Bonchev–Trinajstić information content (AvgIpc) is 3.21. The standard InChI is InChI=1S/C23H23N5O3S/c1-14(2)32(30,31)18-8-6-16(7-9-18)19-12-25-22-21(27-19)20(13-26-22)28-23(29)17-5-3-4-15(10-17)11-24/h3-10,12-14H,11,24H2,1-2H3,(H,25,26)(H,28,29). The molecule has 0 aliphatic carbocycles. The van der Waals surface area contributed by atoms with Crippen LogP contribution < -0.4 is 11.1 Å². The van der Waals surface area contributed by atoms with E-state index >= 15 is 0 Å². The van der Waals surface area contributed by atoms with Crippen molar-refractivity contribution in [1.29, 1.82) is 0 Å². The number of nitrogens with zero attached hydrogens (tertiary/aromatic N) is 2. The molecular formula is C23H23N5O3S. The monoisotopic (exact) mass is 449 g/mol. The Balaban J connectivity index is 1.64.